The van der Waals surface area contributed by atoms with Crippen LogP contribution in [-0.2, 0) is 9.31 Å². The molecule has 3 atom stereocenters. The van der Waals surface area contributed by atoms with Crippen LogP contribution in [-0.4, -0.2) is 19.3 Å². The van der Waals surface area contributed by atoms with Gasteiger partial charge in [0.15, 0.2) is 0 Å². The van der Waals surface area contributed by atoms with Crippen LogP contribution in [0.5, 0.6) is 0 Å². The summed E-state index contributed by atoms with van der Waals surface area (Å²) in [5.74, 6) is 1.56. The van der Waals surface area contributed by atoms with Crippen molar-refractivity contribution in [2.24, 2.45) is 11.8 Å². The van der Waals surface area contributed by atoms with Crippen LogP contribution in [0.3, 0.4) is 0 Å². The van der Waals surface area contributed by atoms with Gasteiger partial charge in [-0.2, -0.15) is 0 Å². The molecule has 0 bridgehead atoms. The molecule has 88 valence electrons. The topological polar surface area (TPSA) is 18.5 Å². The second-order valence-electron chi connectivity index (χ2n) is 5.44. The zero-order valence-corrected chi connectivity index (χ0v) is 11.0. The quantitative estimate of drug-likeness (QED) is 0.665. The van der Waals surface area contributed by atoms with Crippen LogP contribution >= 0.6 is 0 Å². The Morgan fingerprint density at radius 1 is 0.933 bits per heavy atom. The fourth-order valence-electron chi connectivity index (χ4n) is 2.03. The summed E-state index contributed by atoms with van der Waals surface area (Å²) in [4.78, 5) is 0. The Bertz CT molecular complexity index is 178. The van der Waals surface area contributed by atoms with Gasteiger partial charge in [0, 0.05) is 0 Å². The van der Waals surface area contributed by atoms with Gasteiger partial charge in [-0.15, -0.1) is 0 Å². The van der Waals surface area contributed by atoms with E-state index in [2.05, 4.69) is 41.5 Å². The summed E-state index contributed by atoms with van der Waals surface area (Å²) >= 11 is 0. The van der Waals surface area contributed by atoms with Crippen molar-refractivity contribution in [3.8, 4) is 0 Å². The molecule has 1 aliphatic heterocycles. The first kappa shape index (κ1) is 13.1. The maximum atomic E-state index is 6.03. The van der Waals surface area contributed by atoms with Crippen molar-refractivity contribution >= 4 is 7.12 Å². The fourth-order valence-corrected chi connectivity index (χ4v) is 2.03. The SMILES string of the molecule is CC[C@H](C)B1O[C@H](C(C)C)[C@@H](C(C)C)O1. The van der Waals surface area contributed by atoms with Gasteiger partial charge in [0.1, 0.15) is 0 Å². The van der Waals surface area contributed by atoms with Gasteiger partial charge in [0.05, 0.1) is 12.2 Å². The summed E-state index contributed by atoms with van der Waals surface area (Å²) in [5.41, 5.74) is 0. The number of rotatable bonds is 4. The molecule has 0 aromatic carbocycles. The van der Waals surface area contributed by atoms with Crippen molar-refractivity contribution < 1.29 is 9.31 Å². The normalized spacial score (nSPS) is 29.2. The van der Waals surface area contributed by atoms with E-state index in [1.54, 1.807) is 0 Å². The highest BCUT2D eigenvalue weighted by Crippen LogP contribution is 2.33. The molecule has 0 saturated carbocycles. The Balaban J connectivity index is 2.65. The van der Waals surface area contributed by atoms with E-state index in [4.69, 9.17) is 9.31 Å². The van der Waals surface area contributed by atoms with Crippen LogP contribution in [0.4, 0.5) is 0 Å². The summed E-state index contributed by atoms with van der Waals surface area (Å²) in [5, 5.41) is 0. The van der Waals surface area contributed by atoms with E-state index in [0.717, 1.165) is 6.42 Å². The lowest BCUT2D eigenvalue weighted by Gasteiger charge is -2.24. The molecule has 15 heavy (non-hydrogen) atoms. The summed E-state index contributed by atoms with van der Waals surface area (Å²) in [6.07, 6.45) is 1.65. The molecule has 1 fully saturated rings. The molecule has 1 heterocycles. The molecular weight excluding hydrogens is 187 g/mol. The van der Waals surface area contributed by atoms with Crippen LogP contribution in [0, 0.1) is 11.8 Å². The zero-order valence-electron chi connectivity index (χ0n) is 11.0. The Morgan fingerprint density at radius 3 is 1.60 bits per heavy atom. The van der Waals surface area contributed by atoms with Gasteiger partial charge >= 0.3 is 7.12 Å². The first-order valence-electron chi connectivity index (χ1n) is 6.28. The van der Waals surface area contributed by atoms with E-state index in [0.29, 0.717) is 17.7 Å². The second kappa shape index (κ2) is 5.35. The van der Waals surface area contributed by atoms with Gasteiger partial charge in [0.2, 0.25) is 0 Å². The van der Waals surface area contributed by atoms with E-state index in [9.17, 15) is 0 Å². The van der Waals surface area contributed by atoms with Gasteiger partial charge in [-0.05, 0) is 17.7 Å². The third-order valence-electron chi connectivity index (χ3n) is 3.33. The average molecular weight is 212 g/mol. The molecule has 0 aromatic rings. The molecule has 3 heteroatoms. The predicted molar refractivity (Wildman–Crippen MR) is 64.9 cm³/mol. The monoisotopic (exact) mass is 212 g/mol. The third-order valence-corrected chi connectivity index (χ3v) is 3.33. The van der Waals surface area contributed by atoms with Crippen LogP contribution in [0.2, 0.25) is 5.82 Å². The zero-order chi connectivity index (χ0) is 11.6. The van der Waals surface area contributed by atoms with E-state index in [1.165, 1.54) is 0 Å². The molecule has 0 N–H and O–H groups in total. The van der Waals surface area contributed by atoms with E-state index >= 15 is 0 Å². The maximum Gasteiger partial charge on any atom is 0.460 e. The lowest BCUT2D eigenvalue weighted by Crippen LogP contribution is -2.31. The van der Waals surface area contributed by atoms with Crippen molar-refractivity contribution in [1.29, 1.82) is 0 Å². The summed E-state index contributed by atoms with van der Waals surface area (Å²) in [6.45, 7) is 13.2. The lowest BCUT2D eigenvalue weighted by atomic mass is 9.72. The van der Waals surface area contributed by atoms with Crippen molar-refractivity contribution in [3.63, 3.8) is 0 Å². The molecule has 0 spiro atoms. The van der Waals surface area contributed by atoms with Crippen molar-refractivity contribution in [1.82, 2.24) is 0 Å². The minimum atomic E-state index is 0.00907. The maximum absolute atomic E-state index is 6.03. The van der Waals surface area contributed by atoms with Crippen LogP contribution in [0.1, 0.15) is 48.0 Å². The molecule has 1 rings (SSSR count). The minimum Gasteiger partial charge on any atom is -0.405 e. The first-order chi connectivity index (χ1) is 6.97. The molecule has 1 aliphatic rings. The highest BCUT2D eigenvalue weighted by Gasteiger charge is 2.44. The van der Waals surface area contributed by atoms with Gasteiger partial charge in [-0.25, -0.2) is 0 Å². The smallest absolute Gasteiger partial charge is 0.405 e. The molecule has 0 aliphatic carbocycles. The summed E-state index contributed by atoms with van der Waals surface area (Å²) in [7, 11) is 0.00907. The van der Waals surface area contributed by atoms with Gasteiger partial charge < -0.3 is 9.31 Å². The Labute approximate surface area is 94.9 Å². The van der Waals surface area contributed by atoms with Crippen LogP contribution in [0.25, 0.3) is 0 Å². The average Bonchev–Trinajstić information content (AvgIpc) is 2.61. The summed E-state index contributed by atoms with van der Waals surface area (Å²) in [6, 6.07) is 0. The van der Waals surface area contributed by atoms with Crippen molar-refractivity contribution in [2.75, 3.05) is 0 Å². The third kappa shape index (κ3) is 2.98. The minimum absolute atomic E-state index is 0.00907. The van der Waals surface area contributed by atoms with Gasteiger partial charge in [-0.1, -0.05) is 48.0 Å². The highest BCUT2D eigenvalue weighted by atomic mass is 16.7. The largest absolute Gasteiger partial charge is 0.460 e. The molecule has 0 unspecified atom stereocenters. The van der Waals surface area contributed by atoms with Gasteiger partial charge in [-0.3, -0.25) is 0 Å². The van der Waals surface area contributed by atoms with Gasteiger partial charge in [0.25, 0.3) is 0 Å². The predicted octanol–water partition coefficient (Wildman–Crippen LogP) is 3.37. The molecule has 0 radical (unpaired) electrons. The van der Waals surface area contributed by atoms with E-state index in [1.807, 2.05) is 0 Å². The highest BCUT2D eigenvalue weighted by molar-refractivity contribution is 6.47. The molecule has 0 amide bonds. The van der Waals surface area contributed by atoms with E-state index < -0.39 is 0 Å². The van der Waals surface area contributed by atoms with Crippen molar-refractivity contribution in [2.45, 2.75) is 66.0 Å². The van der Waals surface area contributed by atoms with Crippen LogP contribution in [0.15, 0.2) is 0 Å². The number of hydrogen-bond donors (Lipinski definition) is 0. The number of hydrogen-bond acceptors (Lipinski definition) is 2. The fraction of sp³-hybridized carbons (Fsp3) is 1.00. The Morgan fingerprint density at radius 2 is 1.33 bits per heavy atom. The standard InChI is InChI=1S/C12H25BO2/c1-7-10(6)13-14-11(8(2)3)12(15-13)9(4)5/h8-12H,7H2,1-6H3/t10-,11+,12+/m0/s1. The molecular formula is C12H25BO2. The first-order valence-corrected chi connectivity index (χ1v) is 6.28. The second-order valence-corrected chi connectivity index (χ2v) is 5.44. The lowest BCUT2D eigenvalue weighted by molar-refractivity contribution is 0.0815. The van der Waals surface area contributed by atoms with Crippen LogP contribution < -0.4 is 0 Å². The Hall–Kier alpha value is -0.0151. The summed E-state index contributed by atoms with van der Waals surface area (Å²) < 4.78 is 12.1. The molecule has 1 saturated heterocycles. The van der Waals surface area contributed by atoms with Crippen molar-refractivity contribution in [3.05, 3.63) is 0 Å². The molecule has 0 aromatic heterocycles. The molecule has 2 nitrogen and oxygen atoms in total. The van der Waals surface area contributed by atoms with E-state index in [-0.39, 0.29) is 19.3 Å². The Kier molecular flexibility index (Phi) is 4.66.